The van der Waals surface area contributed by atoms with Gasteiger partial charge in [0.1, 0.15) is 5.75 Å². The third-order valence-electron chi connectivity index (χ3n) is 2.70. The van der Waals surface area contributed by atoms with Gasteiger partial charge in [-0.25, -0.2) is 0 Å². The first-order valence-electron chi connectivity index (χ1n) is 6.54. The van der Waals surface area contributed by atoms with Gasteiger partial charge in [-0.3, -0.25) is 4.99 Å². The van der Waals surface area contributed by atoms with E-state index in [0.29, 0.717) is 18.1 Å². The number of aliphatic imine (C=N–C) groups is 1. The minimum atomic E-state index is -2.83. The maximum Gasteiger partial charge on any atom is 0.387 e. The summed E-state index contributed by atoms with van der Waals surface area (Å²) in [6, 6.07) is 5.12. The van der Waals surface area contributed by atoms with E-state index in [4.69, 9.17) is 0 Å². The molecule has 0 radical (unpaired) electrons. The molecule has 22 heavy (non-hydrogen) atoms. The van der Waals surface area contributed by atoms with Crippen molar-refractivity contribution in [2.45, 2.75) is 20.1 Å². The van der Waals surface area contributed by atoms with Gasteiger partial charge in [0.05, 0.1) is 0 Å². The van der Waals surface area contributed by atoms with Crippen molar-refractivity contribution < 1.29 is 13.5 Å². The van der Waals surface area contributed by atoms with Gasteiger partial charge in [-0.2, -0.15) is 20.5 Å². The fraction of sp³-hybridized carbons (Fsp3) is 0.500. The molecule has 0 unspecified atom stereocenters. The molecule has 0 heterocycles. The predicted molar refractivity (Wildman–Crippen MR) is 99.8 cm³/mol. The Bertz CT molecular complexity index is 475. The molecule has 0 saturated heterocycles. The second kappa shape index (κ2) is 11.8. The number of aryl methyl sites for hydroxylation is 1. The minimum Gasteiger partial charge on any atom is -0.434 e. The number of halogens is 3. The van der Waals surface area contributed by atoms with Crippen molar-refractivity contribution in [1.29, 1.82) is 0 Å². The Morgan fingerprint density at radius 1 is 1.36 bits per heavy atom. The van der Waals surface area contributed by atoms with Gasteiger partial charge < -0.3 is 15.4 Å². The van der Waals surface area contributed by atoms with Crippen LogP contribution in [-0.4, -0.2) is 38.2 Å². The molecule has 0 aliphatic rings. The van der Waals surface area contributed by atoms with Crippen molar-refractivity contribution >= 4 is 41.7 Å². The number of thioether (sulfide) groups is 1. The van der Waals surface area contributed by atoms with Gasteiger partial charge in [-0.15, -0.1) is 24.0 Å². The molecular formula is C14H22F2IN3OS. The van der Waals surface area contributed by atoms with Crippen LogP contribution in [0.15, 0.2) is 23.2 Å². The molecule has 8 heteroatoms. The van der Waals surface area contributed by atoms with Crippen LogP contribution in [0.5, 0.6) is 5.75 Å². The summed E-state index contributed by atoms with van der Waals surface area (Å²) in [6.45, 7) is 0.226. The summed E-state index contributed by atoms with van der Waals surface area (Å²) in [5.41, 5.74) is 1.65. The SMILES string of the molecule is CN=C(NCCSC)NCc1cc(C)ccc1OC(F)F.I. The second-order valence-corrected chi connectivity index (χ2v) is 5.32. The standard InChI is InChI=1S/C14H21F2N3OS.HI/c1-10-4-5-12(20-13(15)16)11(8-10)9-19-14(17-2)18-6-7-21-3;/h4-5,8,13H,6-7,9H2,1-3H3,(H2,17,18,19);1H. The Hall–Kier alpha value is -0.770. The predicted octanol–water partition coefficient (Wildman–Crippen LogP) is 3.24. The number of hydrogen-bond acceptors (Lipinski definition) is 3. The van der Waals surface area contributed by atoms with Crippen molar-refractivity contribution in [3.63, 3.8) is 0 Å². The van der Waals surface area contributed by atoms with E-state index < -0.39 is 6.61 Å². The van der Waals surface area contributed by atoms with Crippen LogP contribution >= 0.6 is 35.7 Å². The molecule has 1 rings (SSSR count). The molecule has 1 aromatic rings. The highest BCUT2D eigenvalue weighted by Gasteiger charge is 2.10. The average Bonchev–Trinajstić information content (AvgIpc) is 2.44. The number of rotatable bonds is 7. The molecule has 0 saturated carbocycles. The van der Waals surface area contributed by atoms with Crippen molar-refractivity contribution in [1.82, 2.24) is 10.6 Å². The maximum atomic E-state index is 12.4. The molecule has 2 N–H and O–H groups in total. The highest BCUT2D eigenvalue weighted by molar-refractivity contribution is 14.0. The molecule has 0 amide bonds. The molecule has 0 bridgehead atoms. The number of hydrogen-bond donors (Lipinski definition) is 2. The maximum absolute atomic E-state index is 12.4. The summed E-state index contributed by atoms with van der Waals surface area (Å²) in [6.07, 6.45) is 2.03. The van der Waals surface area contributed by atoms with Gasteiger partial charge in [-0.1, -0.05) is 17.7 Å². The molecule has 0 aliphatic carbocycles. The van der Waals surface area contributed by atoms with Crippen molar-refractivity contribution in [3.8, 4) is 5.75 Å². The fourth-order valence-corrected chi connectivity index (χ4v) is 2.03. The van der Waals surface area contributed by atoms with Crippen molar-refractivity contribution in [2.75, 3.05) is 25.6 Å². The number of nitrogens with zero attached hydrogens (tertiary/aromatic N) is 1. The Kier molecular flexibility index (Phi) is 11.3. The van der Waals surface area contributed by atoms with E-state index in [2.05, 4.69) is 20.4 Å². The number of benzene rings is 1. The molecule has 126 valence electrons. The monoisotopic (exact) mass is 445 g/mol. The lowest BCUT2D eigenvalue weighted by molar-refractivity contribution is -0.0504. The van der Waals surface area contributed by atoms with E-state index in [1.165, 1.54) is 0 Å². The molecule has 4 nitrogen and oxygen atoms in total. The summed E-state index contributed by atoms with van der Waals surface area (Å²) in [5, 5.41) is 6.23. The molecule has 0 aliphatic heterocycles. The first kappa shape index (κ1) is 21.2. The lowest BCUT2D eigenvalue weighted by Gasteiger charge is -2.15. The highest BCUT2D eigenvalue weighted by Crippen LogP contribution is 2.21. The number of ether oxygens (including phenoxy) is 1. The summed E-state index contributed by atoms with van der Waals surface area (Å²) >= 11 is 1.73. The van der Waals surface area contributed by atoms with Crippen LogP contribution in [0.1, 0.15) is 11.1 Å². The fourth-order valence-electron chi connectivity index (χ4n) is 1.73. The van der Waals surface area contributed by atoms with Gasteiger partial charge in [0, 0.05) is 31.5 Å². The van der Waals surface area contributed by atoms with Crippen molar-refractivity contribution in [3.05, 3.63) is 29.3 Å². The van der Waals surface area contributed by atoms with Crippen LogP contribution in [-0.2, 0) is 6.54 Å². The van der Waals surface area contributed by atoms with Crippen LogP contribution in [0, 0.1) is 6.92 Å². The smallest absolute Gasteiger partial charge is 0.387 e. The second-order valence-electron chi connectivity index (χ2n) is 4.34. The van der Waals surface area contributed by atoms with Gasteiger partial charge in [0.2, 0.25) is 0 Å². The van der Waals surface area contributed by atoms with E-state index >= 15 is 0 Å². The summed E-state index contributed by atoms with van der Waals surface area (Å²) in [7, 11) is 1.67. The lowest BCUT2D eigenvalue weighted by Crippen LogP contribution is -2.38. The third kappa shape index (κ3) is 8.02. The van der Waals surface area contributed by atoms with Crippen LogP contribution in [0.25, 0.3) is 0 Å². The normalized spacial score (nSPS) is 11.1. The van der Waals surface area contributed by atoms with Crippen LogP contribution in [0.4, 0.5) is 8.78 Å². The van der Waals surface area contributed by atoms with E-state index in [1.54, 1.807) is 30.9 Å². The summed E-state index contributed by atoms with van der Waals surface area (Å²) < 4.78 is 29.3. The number of nitrogens with one attached hydrogen (secondary N) is 2. The Morgan fingerprint density at radius 3 is 2.68 bits per heavy atom. The summed E-state index contributed by atoms with van der Waals surface area (Å²) in [4.78, 5) is 4.08. The molecule has 0 aromatic heterocycles. The molecule has 0 fully saturated rings. The molecule has 1 aromatic carbocycles. The topological polar surface area (TPSA) is 45.7 Å². The Morgan fingerprint density at radius 2 is 2.09 bits per heavy atom. The van der Waals surface area contributed by atoms with E-state index in [9.17, 15) is 8.78 Å². The van der Waals surface area contributed by atoms with Crippen LogP contribution in [0.3, 0.4) is 0 Å². The van der Waals surface area contributed by atoms with Crippen LogP contribution < -0.4 is 15.4 Å². The van der Waals surface area contributed by atoms with Gasteiger partial charge >= 0.3 is 6.61 Å². The van der Waals surface area contributed by atoms with Gasteiger partial charge in [0.25, 0.3) is 0 Å². The zero-order valence-corrected chi connectivity index (χ0v) is 16.0. The third-order valence-corrected chi connectivity index (χ3v) is 3.31. The number of guanidine groups is 1. The van der Waals surface area contributed by atoms with E-state index in [0.717, 1.165) is 17.9 Å². The Balaban J connectivity index is 0.00000441. The highest BCUT2D eigenvalue weighted by atomic mass is 127. The van der Waals surface area contributed by atoms with E-state index in [1.807, 2.05) is 19.2 Å². The van der Waals surface area contributed by atoms with Crippen molar-refractivity contribution in [2.24, 2.45) is 4.99 Å². The summed E-state index contributed by atoms with van der Waals surface area (Å²) in [5.74, 6) is 1.78. The first-order valence-corrected chi connectivity index (χ1v) is 7.94. The first-order chi connectivity index (χ1) is 10.1. The lowest BCUT2D eigenvalue weighted by atomic mass is 10.1. The zero-order valence-electron chi connectivity index (χ0n) is 12.9. The van der Waals surface area contributed by atoms with Crippen LogP contribution in [0.2, 0.25) is 0 Å². The van der Waals surface area contributed by atoms with Gasteiger partial charge in [-0.05, 0) is 19.2 Å². The molecule has 0 atom stereocenters. The van der Waals surface area contributed by atoms with E-state index in [-0.39, 0.29) is 29.7 Å². The molecular weight excluding hydrogens is 423 g/mol. The zero-order chi connectivity index (χ0) is 15.7. The van der Waals surface area contributed by atoms with Gasteiger partial charge in [0.15, 0.2) is 5.96 Å². The quantitative estimate of drug-likeness (QED) is 0.293. The minimum absolute atomic E-state index is 0. The average molecular weight is 445 g/mol. The molecule has 0 spiro atoms. The number of alkyl halides is 2. The largest absolute Gasteiger partial charge is 0.434 e. The Labute approximate surface area is 151 Å².